The van der Waals surface area contributed by atoms with Crippen LogP contribution in [0.1, 0.15) is 0 Å². The molecule has 2 heterocycles. The van der Waals surface area contributed by atoms with E-state index in [1.807, 2.05) is 0 Å². The smallest absolute Gasteiger partial charge is 0.193 e. The van der Waals surface area contributed by atoms with Gasteiger partial charge in [0.15, 0.2) is 26.0 Å². The molecule has 1 aliphatic heterocycles. The van der Waals surface area contributed by atoms with Crippen molar-refractivity contribution in [1.29, 1.82) is 0 Å². The van der Waals surface area contributed by atoms with E-state index >= 15 is 0 Å². The molecule has 0 unspecified atom stereocenters. The summed E-state index contributed by atoms with van der Waals surface area (Å²) in [5, 5.41) is 1.88. The van der Waals surface area contributed by atoms with E-state index in [-0.39, 0.29) is 16.5 Å². The molecule has 23 heavy (non-hydrogen) atoms. The van der Waals surface area contributed by atoms with Gasteiger partial charge in [-0.1, -0.05) is 11.6 Å². The van der Waals surface area contributed by atoms with E-state index in [1.165, 1.54) is 26.4 Å². The molecule has 1 aromatic heterocycles. The fraction of sp³-hybridized carbons (Fsp3) is 0.667. The minimum Gasteiger partial charge on any atom is -0.355 e. The number of hydrogen-bond acceptors (Lipinski definition) is 8. The molecular formula is C12H18ClNO6S3. The lowest BCUT2D eigenvalue weighted by Crippen LogP contribution is -2.46. The molecule has 1 saturated heterocycles. The van der Waals surface area contributed by atoms with Crippen LogP contribution in [0.15, 0.2) is 16.3 Å². The molecule has 11 heteroatoms. The van der Waals surface area contributed by atoms with Gasteiger partial charge in [0.25, 0.3) is 0 Å². The Labute approximate surface area is 144 Å². The summed E-state index contributed by atoms with van der Waals surface area (Å²) in [5.41, 5.74) is 0. The molecule has 1 aliphatic rings. The first-order chi connectivity index (χ1) is 10.7. The number of hydrogen-bond donors (Lipinski definition) is 1. The quantitative estimate of drug-likeness (QED) is 0.663. The molecule has 2 rings (SSSR count). The monoisotopic (exact) mass is 403 g/mol. The highest BCUT2D eigenvalue weighted by Gasteiger charge is 2.46. The van der Waals surface area contributed by atoms with Crippen molar-refractivity contribution in [3.63, 3.8) is 0 Å². The summed E-state index contributed by atoms with van der Waals surface area (Å²) in [6.07, 6.45) is -0.585. The normalized spacial score (nSPS) is 24.3. The Hall–Kier alpha value is -0.230. The van der Waals surface area contributed by atoms with Crippen molar-refractivity contribution in [2.45, 2.75) is 21.8 Å². The van der Waals surface area contributed by atoms with Gasteiger partial charge in [-0.3, -0.25) is 0 Å². The second-order valence-corrected chi connectivity index (χ2v) is 11.4. The molecule has 0 bridgehead atoms. The number of nitrogens with one attached hydrogen (secondary N) is 1. The molecule has 1 aromatic rings. The number of rotatable bonds is 7. The number of halogens is 1. The first-order valence-corrected chi connectivity index (χ1v) is 11.2. The lowest BCUT2D eigenvalue weighted by atomic mass is 10.2. The van der Waals surface area contributed by atoms with Gasteiger partial charge in [-0.15, -0.1) is 11.3 Å². The zero-order valence-corrected chi connectivity index (χ0v) is 15.8. The van der Waals surface area contributed by atoms with E-state index in [1.54, 1.807) is 0 Å². The first-order valence-electron chi connectivity index (χ1n) is 6.68. The average Bonchev–Trinajstić information content (AvgIpc) is 3.04. The van der Waals surface area contributed by atoms with Crippen LogP contribution in [0.4, 0.5) is 0 Å². The van der Waals surface area contributed by atoms with Gasteiger partial charge < -0.3 is 14.8 Å². The van der Waals surface area contributed by atoms with E-state index in [0.29, 0.717) is 4.34 Å². The lowest BCUT2D eigenvalue weighted by Gasteiger charge is -2.21. The van der Waals surface area contributed by atoms with Crippen LogP contribution in [0.3, 0.4) is 0 Å². The van der Waals surface area contributed by atoms with Crippen LogP contribution in [0.2, 0.25) is 4.34 Å². The van der Waals surface area contributed by atoms with Crippen LogP contribution in [0, 0.1) is 0 Å². The van der Waals surface area contributed by atoms with E-state index < -0.39 is 43.0 Å². The molecule has 0 aliphatic carbocycles. The minimum atomic E-state index is -3.79. The predicted molar refractivity (Wildman–Crippen MR) is 88.6 cm³/mol. The van der Waals surface area contributed by atoms with E-state index in [4.69, 9.17) is 21.1 Å². The highest BCUT2D eigenvalue weighted by atomic mass is 35.5. The Morgan fingerprint density at radius 2 is 2.00 bits per heavy atom. The molecule has 0 spiro atoms. The summed E-state index contributed by atoms with van der Waals surface area (Å²) < 4.78 is 59.7. The summed E-state index contributed by atoms with van der Waals surface area (Å²) in [4.78, 5) is 0. The maximum absolute atomic E-state index is 12.7. The molecule has 1 N–H and O–H groups in total. The van der Waals surface area contributed by atoms with E-state index in [2.05, 4.69) is 5.32 Å². The molecular weight excluding hydrogens is 386 g/mol. The SMILES string of the molecule is COC(CN[C@H]1CS(=O)(=O)C[C@@H]1S(=O)(=O)c1ccc(Cl)s1)OC. The number of thiophene rings is 1. The molecule has 0 radical (unpaired) electrons. The van der Waals surface area contributed by atoms with Crippen LogP contribution in [0.25, 0.3) is 0 Å². The van der Waals surface area contributed by atoms with Crippen LogP contribution in [-0.4, -0.2) is 66.7 Å². The maximum atomic E-state index is 12.7. The average molecular weight is 404 g/mol. The Bertz CT molecular complexity index is 741. The zero-order chi connectivity index (χ0) is 17.3. The van der Waals surface area contributed by atoms with Crippen molar-refractivity contribution in [1.82, 2.24) is 5.32 Å². The van der Waals surface area contributed by atoms with Crippen molar-refractivity contribution < 1.29 is 26.3 Å². The maximum Gasteiger partial charge on any atom is 0.193 e. The van der Waals surface area contributed by atoms with Gasteiger partial charge in [0, 0.05) is 26.8 Å². The van der Waals surface area contributed by atoms with Crippen molar-refractivity contribution in [3.05, 3.63) is 16.5 Å². The zero-order valence-electron chi connectivity index (χ0n) is 12.6. The van der Waals surface area contributed by atoms with Crippen LogP contribution in [0.5, 0.6) is 0 Å². The third-order valence-electron chi connectivity index (χ3n) is 3.60. The van der Waals surface area contributed by atoms with Gasteiger partial charge in [-0.25, -0.2) is 16.8 Å². The Balaban J connectivity index is 2.23. The van der Waals surface area contributed by atoms with Crippen molar-refractivity contribution in [3.8, 4) is 0 Å². The van der Waals surface area contributed by atoms with Crippen molar-refractivity contribution in [2.24, 2.45) is 0 Å². The fourth-order valence-electron chi connectivity index (χ4n) is 2.42. The molecule has 0 amide bonds. The van der Waals surface area contributed by atoms with Gasteiger partial charge in [0.1, 0.15) is 4.21 Å². The number of ether oxygens (including phenoxy) is 2. The molecule has 132 valence electrons. The predicted octanol–water partition coefficient (Wildman–Crippen LogP) is 0.549. The van der Waals surface area contributed by atoms with Gasteiger partial charge in [-0.05, 0) is 12.1 Å². The van der Waals surface area contributed by atoms with Gasteiger partial charge in [0.05, 0.1) is 21.1 Å². The van der Waals surface area contributed by atoms with Crippen LogP contribution >= 0.6 is 22.9 Å². The summed E-state index contributed by atoms with van der Waals surface area (Å²) >= 11 is 6.72. The fourth-order valence-corrected chi connectivity index (χ4v) is 8.85. The Morgan fingerprint density at radius 1 is 1.35 bits per heavy atom. The second-order valence-electron chi connectivity index (χ2n) is 5.13. The minimum absolute atomic E-state index is 0.0754. The molecule has 1 fully saturated rings. The summed E-state index contributed by atoms with van der Waals surface area (Å²) in [6, 6.07) is 2.16. The largest absolute Gasteiger partial charge is 0.355 e. The molecule has 0 saturated carbocycles. The Morgan fingerprint density at radius 3 is 2.52 bits per heavy atom. The third kappa shape index (κ3) is 4.44. The van der Waals surface area contributed by atoms with E-state index in [0.717, 1.165) is 11.3 Å². The van der Waals surface area contributed by atoms with Crippen molar-refractivity contribution >= 4 is 42.6 Å². The highest BCUT2D eigenvalue weighted by molar-refractivity contribution is 7.97. The standard InChI is InChI=1S/C12H18ClNO6S3/c1-19-11(20-2)5-14-8-6-22(15,16)7-9(8)23(17,18)12-4-3-10(13)21-12/h3-4,8-9,11,14H,5-7H2,1-2H3/t8-,9-/m0/s1. The first kappa shape index (κ1) is 19.1. The lowest BCUT2D eigenvalue weighted by molar-refractivity contribution is -0.0995. The topological polar surface area (TPSA) is 98.8 Å². The highest BCUT2D eigenvalue weighted by Crippen LogP contribution is 2.32. The van der Waals surface area contributed by atoms with E-state index in [9.17, 15) is 16.8 Å². The molecule has 7 nitrogen and oxygen atoms in total. The summed E-state index contributed by atoms with van der Waals surface area (Å²) in [5.74, 6) is -0.650. The molecule has 2 atom stereocenters. The van der Waals surface area contributed by atoms with Crippen molar-refractivity contribution in [2.75, 3.05) is 32.3 Å². The number of sulfone groups is 2. The van der Waals surface area contributed by atoms with Gasteiger partial charge in [0.2, 0.25) is 0 Å². The Kier molecular flexibility index (Phi) is 6.10. The molecule has 0 aromatic carbocycles. The second kappa shape index (κ2) is 7.34. The summed E-state index contributed by atoms with van der Waals surface area (Å²) in [6.45, 7) is 0.185. The van der Waals surface area contributed by atoms with Gasteiger partial charge in [-0.2, -0.15) is 0 Å². The van der Waals surface area contributed by atoms with Crippen LogP contribution in [-0.2, 0) is 29.1 Å². The third-order valence-corrected chi connectivity index (χ3v) is 9.51. The van der Waals surface area contributed by atoms with Gasteiger partial charge >= 0.3 is 0 Å². The summed E-state index contributed by atoms with van der Waals surface area (Å²) in [7, 11) is -4.34. The van der Waals surface area contributed by atoms with Crippen LogP contribution < -0.4 is 5.32 Å². The number of methoxy groups -OCH3 is 2.